The van der Waals surface area contributed by atoms with E-state index in [0.717, 1.165) is 4.90 Å². The molecular weight excluding hydrogens is 278 g/mol. The SMILES string of the molecule is COc1ccc(C(N)=S)c(NC2CC(=O)N(C)C2=O)c1. The minimum Gasteiger partial charge on any atom is -0.497 e. The maximum atomic E-state index is 11.9. The van der Waals surface area contributed by atoms with Gasteiger partial charge in [-0.15, -0.1) is 0 Å². The van der Waals surface area contributed by atoms with Crippen LogP contribution in [-0.4, -0.2) is 41.9 Å². The summed E-state index contributed by atoms with van der Waals surface area (Å²) in [5, 5.41) is 3.02. The molecule has 0 aliphatic carbocycles. The number of likely N-dealkylation sites (tertiary alicyclic amines) is 1. The monoisotopic (exact) mass is 293 g/mol. The summed E-state index contributed by atoms with van der Waals surface area (Å²) in [6.07, 6.45) is 0.114. The fourth-order valence-corrected chi connectivity index (χ4v) is 2.22. The average molecular weight is 293 g/mol. The number of imide groups is 1. The lowest BCUT2D eigenvalue weighted by atomic mass is 10.1. The van der Waals surface area contributed by atoms with Crippen molar-refractivity contribution in [1.29, 1.82) is 0 Å². The summed E-state index contributed by atoms with van der Waals surface area (Å²) in [7, 11) is 3.00. The zero-order chi connectivity index (χ0) is 14.9. The number of carbonyl (C=O) groups is 2. The minimum absolute atomic E-state index is 0.114. The first kappa shape index (κ1) is 14.3. The van der Waals surface area contributed by atoms with Crippen molar-refractivity contribution in [3.05, 3.63) is 23.8 Å². The van der Waals surface area contributed by atoms with E-state index in [2.05, 4.69) is 5.32 Å². The van der Waals surface area contributed by atoms with E-state index < -0.39 is 6.04 Å². The molecule has 1 aromatic carbocycles. The molecule has 1 heterocycles. The Labute approximate surface area is 121 Å². The van der Waals surface area contributed by atoms with Crippen LogP contribution in [0, 0.1) is 0 Å². The molecule has 1 aliphatic heterocycles. The molecular formula is C13H15N3O3S. The highest BCUT2D eigenvalue weighted by Gasteiger charge is 2.36. The zero-order valence-electron chi connectivity index (χ0n) is 11.2. The van der Waals surface area contributed by atoms with E-state index in [4.69, 9.17) is 22.7 Å². The third kappa shape index (κ3) is 2.57. The number of ether oxygens (including phenoxy) is 1. The van der Waals surface area contributed by atoms with Gasteiger partial charge in [0.1, 0.15) is 16.8 Å². The summed E-state index contributed by atoms with van der Waals surface area (Å²) < 4.78 is 5.14. The lowest BCUT2D eigenvalue weighted by Crippen LogP contribution is -2.32. The number of methoxy groups -OCH3 is 1. The lowest BCUT2D eigenvalue weighted by molar-refractivity contribution is -0.136. The van der Waals surface area contributed by atoms with Crippen molar-refractivity contribution in [3.63, 3.8) is 0 Å². The maximum Gasteiger partial charge on any atom is 0.251 e. The molecule has 1 fully saturated rings. The summed E-state index contributed by atoms with van der Waals surface area (Å²) in [5.41, 5.74) is 6.85. The van der Waals surface area contributed by atoms with Crippen molar-refractivity contribution in [2.24, 2.45) is 5.73 Å². The summed E-state index contributed by atoms with van der Waals surface area (Å²) in [6.45, 7) is 0. The van der Waals surface area contributed by atoms with Crippen molar-refractivity contribution in [2.45, 2.75) is 12.5 Å². The number of hydrogen-bond donors (Lipinski definition) is 2. The molecule has 2 amide bonds. The Bertz CT molecular complexity index is 588. The molecule has 6 nitrogen and oxygen atoms in total. The molecule has 1 unspecified atom stereocenters. The molecule has 0 aromatic heterocycles. The Morgan fingerprint density at radius 1 is 1.50 bits per heavy atom. The van der Waals surface area contributed by atoms with Crippen molar-refractivity contribution < 1.29 is 14.3 Å². The largest absolute Gasteiger partial charge is 0.497 e. The fourth-order valence-electron chi connectivity index (χ4n) is 2.04. The van der Waals surface area contributed by atoms with Crippen molar-refractivity contribution in [3.8, 4) is 5.75 Å². The molecule has 1 aromatic rings. The Balaban J connectivity index is 2.30. The number of anilines is 1. The second-order valence-electron chi connectivity index (χ2n) is 4.47. The van der Waals surface area contributed by atoms with Gasteiger partial charge in [-0.05, 0) is 12.1 Å². The lowest BCUT2D eigenvalue weighted by Gasteiger charge is -2.16. The number of nitrogens with one attached hydrogen (secondary N) is 1. The van der Waals surface area contributed by atoms with Gasteiger partial charge in [-0.3, -0.25) is 14.5 Å². The summed E-state index contributed by atoms with van der Waals surface area (Å²) in [6, 6.07) is 4.54. The number of nitrogens with two attached hydrogens (primary N) is 1. The molecule has 1 saturated heterocycles. The normalized spacial score (nSPS) is 18.3. The molecule has 2 rings (SSSR count). The van der Waals surface area contributed by atoms with Crippen LogP contribution < -0.4 is 15.8 Å². The van der Waals surface area contributed by atoms with E-state index in [1.807, 2.05) is 0 Å². The summed E-state index contributed by atoms with van der Waals surface area (Å²) >= 11 is 4.98. The predicted octanol–water partition coefficient (Wildman–Crippen LogP) is 0.499. The van der Waals surface area contributed by atoms with Gasteiger partial charge in [0.15, 0.2) is 0 Å². The number of hydrogen-bond acceptors (Lipinski definition) is 5. The van der Waals surface area contributed by atoms with Gasteiger partial charge in [-0.1, -0.05) is 12.2 Å². The van der Waals surface area contributed by atoms with Crippen LogP contribution in [0.5, 0.6) is 5.75 Å². The van der Waals surface area contributed by atoms with Crippen molar-refractivity contribution in [1.82, 2.24) is 4.90 Å². The van der Waals surface area contributed by atoms with E-state index in [1.54, 1.807) is 18.2 Å². The maximum absolute atomic E-state index is 11.9. The Hall–Kier alpha value is -2.15. The van der Waals surface area contributed by atoms with Gasteiger partial charge in [0, 0.05) is 24.4 Å². The molecule has 1 aliphatic rings. The quantitative estimate of drug-likeness (QED) is 0.621. The molecule has 7 heteroatoms. The first-order valence-electron chi connectivity index (χ1n) is 5.99. The molecule has 1 atom stereocenters. The van der Waals surface area contributed by atoms with Gasteiger partial charge in [-0.25, -0.2) is 0 Å². The fraction of sp³-hybridized carbons (Fsp3) is 0.308. The van der Waals surface area contributed by atoms with Crippen LogP contribution >= 0.6 is 12.2 Å². The second kappa shape index (κ2) is 5.46. The number of thiocarbonyl (C=S) groups is 1. The van der Waals surface area contributed by atoms with E-state index in [-0.39, 0.29) is 23.2 Å². The molecule has 3 N–H and O–H groups in total. The van der Waals surface area contributed by atoms with Crippen LogP contribution in [0.4, 0.5) is 5.69 Å². The van der Waals surface area contributed by atoms with Crippen molar-refractivity contribution >= 4 is 34.7 Å². The Morgan fingerprint density at radius 2 is 2.20 bits per heavy atom. The van der Waals surface area contributed by atoms with Gasteiger partial charge in [-0.2, -0.15) is 0 Å². The molecule has 0 spiro atoms. The van der Waals surface area contributed by atoms with Crippen LogP contribution in [0.2, 0.25) is 0 Å². The highest BCUT2D eigenvalue weighted by Crippen LogP contribution is 2.25. The first-order valence-corrected chi connectivity index (χ1v) is 6.39. The number of benzene rings is 1. The molecule has 106 valence electrons. The van der Waals surface area contributed by atoms with E-state index >= 15 is 0 Å². The molecule has 0 bridgehead atoms. The number of carbonyl (C=O) groups excluding carboxylic acids is 2. The van der Waals surface area contributed by atoms with Gasteiger partial charge in [0.05, 0.1) is 13.5 Å². The van der Waals surface area contributed by atoms with Gasteiger partial charge < -0.3 is 15.8 Å². The average Bonchev–Trinajstić information content (AvgIpc) is 2.66. The first-order chi connectivity index (χ1) is 9.43. The number of likely N-dealkylation sites (N-methyl/N-ethyl adjacent to an activating group) is 1. The Morgan fingerprint density at radius 3 is 2.70 bits per heavy atom. The highest BCUT2D eigenvalue weighted by molar-refractivity contribution is 7.80. The third-order valence-corrected chi connectivity index (χ3v) is 3.42. The number of rotatable bonds is 4. The van der Waals surface area contributed by atoms with E-state index in [0.29, 0.717) is 17.0 Å². The molecule has 0 saturated carbocycles. The van der Waals surface area contributed by atoms with E-state index in [1.165, 1.54) is 14.2 Å². The predicted molar refractivity (Wildman–Crippen MR) is 78.7 cm³/mol. The van der Waals surface area contributed by atoms with E-state index in [9.17, 15) is 9.59 Å². The molecule has 20 heavy (non-hydrogen) atoms. The van der Waals surface area contributed by atoms with Crippen LogP contribution in [-0.2, 0) is 9.59 Å². The Kier molecular flexibility index (Phi) is 3.89. The topological polar surface area (TPSA) is 84.7 Å². The number of nitrogens with zero attached hydrogens (tertiary/aromatic N) is 1. The van der Waals surface area contributed by atoms with Crippen LogP contribution in [0.1, 0.15) is 12.0 Å². The smallest absolute Gasteiger partial charge is 0.251 e. The highest BCUT2D eigenvalue weighted by atomic mass is 32.1. The summed E-state index contributed by atoms with van der Waals surface area (Å²) in [4.78, 5) is 24.7. The van der Waals surface area contributed by atoms with Crippen molar-refractivity contribution in [2.75, 3.05) is 19.5 Å². The zero-order valence-corrected chi connectivity index (χ0v) is 12.0. The van der Waals surface area contributed by atoms with Gasteiger partial charge in [0.2, 0.25) is 5.91 Å². The van der Waals surface area contributed by atoms with Gasteiger partial charge in [0.25, 0.3) is 5.91 Å². The summed E-state index contributed by atoms with van der Waals surface area (Å²) in [5.74, 6) is 0.122. The second-order valence-corrected chi connectivity index (χ2v) is 4.91. The standard InChI is InChI=1S/C13H15N3O3S/c1-16-11(17)6-10(13(16)18)15-9-5-7(19-2)3-4-8(9)12(14)20/h3-5,10,15H,6H2,1-2H3,(H2,14,20). The third-order valence-electron chi connectivity index (χ3n) is 3.20. The van der Waals surface area contributed by atoms with Crippen LogP contribution in [0.25, 0.3) is 0 Å². The molecule has 0 radical (unpaired) electrons. The van der Waals surface area contributed by atoms with Gasteiger partial charge >= 0.3 is 0 Å². The van der Waals surface area contributed by atoms with Crippen LogP contribution in [0.15, 0.2) is 18.2 Å². The number of amides is 2. The minimum atomic E-state index is -0.604. The van der Waals surface area contributed by atoms with Crippen LogP contribution in [0.3, 0.4) is 0 Å².